The molecule has 0 bridgehead atoms. The zero-order valence-electron chi connectivity index (χ0n) is 81.7. The Morgan fingerprint density at radius 1 is 0.316 bits per heavy atom. The lowest BCUT2D eigenvalue weighted by atomic mass is 9.95. The highest BCUT2D eigenvalue weighted by Crippen LogP contribution is 2.22. The van der Waals surface area contributed by atoms with Crippen LogP contribution in [0.15, 0.2) is 91.1 Å². The first kappa shape index (κ1) is 115. The normalized spacial score (nSPS) is 15.1. The van der Waals surface area contributed by atoms with Gasteiger partial charge in [0.25, 0.3) is 0 Å². The molecule has 0 radical (unpaired) electrons. The maximum Gasteiger partial charge on any atom is 0.326 e. The number of para-hydroxylation sites is 1. The zero-order valence-corrected chi connectivity index (χ0v) is 81.7. The Morgan fingerprint density at radius 2 is 0.625 bits per heavy atom. The molecule has 40 heteroatoms. The van der Waals surface area contributed by atoms with Crippen molar-refractivity contribution in [1.82, 2.24) is 95.4 Å². The van der Waals surface area contributed by atoms with Gasteiger partial charge in [0.1, 0.15) is 84.6 Å². The van der Waals surface area contributed by atoms with Gasteiger partial charge in [0, 0.05) is 42.8 Å². The second-order valence-corrected chi connectivity index (χ2v) is 37.2. The van der Waals surface area contributed by atoms with Gasteiger partial charge in [-0.05, 0) is 122 Å². The number of aromatic amines is 1. The number of rotatable bonds is 60. The first-order valence-electron chi connectivity index (χ1n) is 47.0. The van der Waals surface area contributed by atoms with Crippen molar-refractivity contribution >= 4 is 123 Å². The summed E-state index contributed by atoms with van der Waals surface area (Å²) >= 11 is 0. The molecule has 0 saturated heterocycles. The van der Waals surface area contributed by atoms with E-state index >= 15 is 0 Å². The number of hydrogen-bond acceptors (Lipinski definition) is 20. The van der Waals surface area contributed by atoms with Gasteiger partial charge in [-0.2, -0.15) is 0 Å². The number of carboxylic acids is 1. The third kappa shape index (κ3) is 40.7. The number of hydrogen-bond donors (Lipinski definition) is 21. The molecule has 17 atom stereocenters. The molecule has 0 unspecified atom stereocenters. The van der Waals surface area contributed by atoms with Gasteiger partial charge in [0.2, 0.25) is 106 Å². The summed E-state index contributed by atoms with van der Waals surface area (Å²) < 4.78 is 0. The van der Waals surface area contributed by atoms with Crippen molar-refractivity contribution in [3.05, 3.63) is 108 Å². The lowest BCUT2D eigenvalue weighted by molar-refractivity contribution is -0.143. The van der Waals surface area contributed by atoms with Gasteiger partial charge in [0.15, 0.2) is 0 Å². The van der Waals surface area contributed by atoms with Crippen LogP contribution in [0.3, 0.4) is 0 Å². The van der Waals surface area contributed by atoms with Crippen molar-refractivity contribution in [2.75, 3.05) is 26.2 Å². The summed E-state index contributed by atoms with van der Waals surface area (Å²) in [6, 6.07) is 5.87. The van der Waals surface area contributed by atoms with Gasteiger partial charge in [-0.1, -0.05) is 209 Å². The molecule has 1 heterocycles. The second kappa shape index (κ2) is 58.4. The Hall–Kier alpha value is -12.9. The number of nitrogens with one attached hydrogen (secondary N) is 18. The van der Waals surface area contributed by atoms with Crippen molar-refractivity contribution in [3.8, 4) is 0 Å². The fourth-order valence-corrected chi connectivity index (χ4v) is 14.8. The summed E-state index contributed by atoms with van der Waals surface area (Å²) in [4.78, 5) is 266. The minimum atomic E-state index is -1.42. The Morgan fingerprint density at radius 3 is 1.05 bits per heavy atom. The van der Waals surface area contributed by atoms with E-state index in [2.05, 4.69) is 95.4 Å². The van der Waals surface area contributed by atoms with Crippen LogP contribution in [0, 0.1) is 47.3 Å². The Bertz CT molecular complexity index is 4680. The van der Waals surface area contributed by atoms with Gasteiger partial charge in [-0.15, -0.1) is 0 Å². The quantitative estimate of drug-likeness (QED) is 0.0294. The summed E-state index contributed by atoms with van der Waals surface area (Å²) in [5.41, 5.74) is 13.4. The lowest BCUT2D eigenvalue weighted by Crippen LogP contribution is -2.61. The van der Waals surface area contributed by atoms with Crippen LogP contribution in [0.2, 0.25) is 0 Å². The van der Waals surface area contributed by atoms with Crippen LogP contribution >= 0.6 is 0 Å². The van der Waals surface area contributed by atoms with Gasteiger partial charge < -0.3 is 112 Å². The summed E-state index contributed by atoms with van der Waals surface area (Å²) in [6.45, 7) is 28.4. The van der Waals surface area contributed by atoms with E-state index in [1.54, 1.807) is 182 Å². The Balaban J connectivity index is 1.52. The van der Waals surface area contributed by atoms with Gasteiger partial charge in [0.05, 0.1) is 26.2 Å². The van der Waals surface area contributed by atoms with E-state index in [4.69, 9.17) is 11.5 Å². The Labute approximate surface area is 796 Å². The van der Waals surface area contributed by atoms with Crippen LogP contribution in [0.1, 0.15) is 206 Å². The van der Waals surface area contributed by atoms with Crippen LogP contribution < -0.4 is 102 Å². The summed E-state index contributed by atoms with van der Waals surface area (Å²) in [5, 5.41) is 55.2. The smallest absolute Gasteiger partial charge is 0.326 e. The summed E-state index contributed by atoms with van der Waals surface area (Å²) in [5.74, 6) is -18.4. The number of fused-ring (bicyclic) bond motifs is 1. The van der Waals surface area contributed by atoms with Crippen LogP contribution in [0.4, 0.5) is 0 Å². The molecule has 0 spiro atoms. The number of carbonyl (C=O) groups excluding carboxylic acids is 18. The van der Waals surface area contributed by atoms with Gasteiger partial charge in [-0.25, -0.2) is 4.79 Å². The predicted molar refractivity (Wildman–Crippen MR) is 510 cm³/mol. The third-order valence-electron chi connectivity index (χ3n) is 23.0. The molecule has 40 nitrogen and oxygen atoms in total. The highest BCUT2D eigenvalue weighted by Gasteiger charge is 2.40. The van der Waals surface area contributed by atoms with Gasteiger partial charge >= 0.3 is 5.97 Å². The molecule has 0 fully saturated rings. The predicted octanol–water partition coefficient (Wildman–Crippen LogP) is 1.05. The van der Waals surface area contributed by atoms with E-state index < -0.39 is 241 Å². The largest absolute Gasteiger partial charge is 0.480 e. The maximum absolute atomic E-state index is 14.8. The molecule has 4 rings (SSSR count). The molecule has 4 aromatic rings. The number of carbonyl (C=O) groups is 19. The molecule has 752 valence electrons. The number of benzene rings is 3. The van der Waals surface area contributed by atoms with E-state index in [1.165, 1.54) is 13.8 Å². The Kier molecular flexibility index (Phi) is 49.6. The fourth-order valence-electron chi connectivity index (χ4n) is 14.8. The minimum absolute atomic E-state index is 0.0133. The molecule has 0 aliphatic carbocycles. The highest BCUT2D eigenvalue weighted by molar-refractivity contribution is 6.01. The van der Waals surface area contributed by atoms with E-state index in [9.17, 15) is 96.2 Å². The molecular weight excluding hydrogens is 1750 g/mol. The van der Waals surface area contributed by atoms with E-state index in [1.807, 2.05) is 19.9 Å². The van der Waals surface area contributed by atoms with Crippen molar-refractivity contribution < 1.29 is 96.2 Å². The molecule has 136 heavy (non-hydrogen) atoms. The molecule has 0 aliphatic heterocycles. The van der Waals surface area contributed by atoms with E-state index in [0.29, 0.717) is 46.9 Å². The number of H-pyrrole nitrogens is 1. The van der Waals surface area contributed by atoms with Crippen LogP contribution in [-0.2, 0) is 110 Å². The van der Waals surface area contributed by atoms with E-state index in [0.717, 1.165) is 0 Å². The number of aliphatic carboxylic acids is 1. The van der Waals surface area contributed by atoms with Crippen LogP contribution in [-0.4, -0.2) is 233 Å². The van der Waals surface area contributed by atoms with E-state index in [-0.39, 0.29) is 93.8 Å². The van der Waals surface area contributed by atoms with Crippen molar-refractivity contribution in [2.24, 2.45) is 58.8 Å². The number of carboxylic acid groups (broad SMARTS) is 1. The third-order valence-corrected chi connectivity index (χ3v) is 23.0. The number of primary amides is 1. The second-order valence-electron chi connectivity index (χ2n) is 37.2. The molecular formula is C96H148N20O20. The number of amides is 18. The van der Waals surface area contributed by atoms with Crippen LogP contribution in [0.25, 0.3) is 10.9 Å². The highest BCUT2D eigenvalue weighted by atomic mass is 16.4. The average molecular weight is 1900 g/mol. The topological polar surface area (TPSA) is 617 Å². The lowest BCUT2D eigenvalue weighted by Gasteiger charge is -2.29. The minimum Gasteiger partial charge on any atom is -0.480 e. The zero-order chi connectivity index (χ0) is 102. The van der Waals surface area contributed by atoms with Crippen molar-refractivity contribution in [3.63, 3.8) is 0 Å². The first-order chi connectivity index (χ1) is 64.1. The monoisotopic (exact) mass is 1900 g/mol. The first-order valence-corrected chi connectivity index (χ1v) is 47.0. The fraction of sp³-hybridized carbons (Fsp3) is 0.594. The van der Waals surface area contributed by atoms with Gasteiger partial charge in [-0.3, -0.25) is 86.3 Å². The molecule has 23 N–H and O–H groups in total. The van der Waals surface area contributed by atoms with Crippen molar-refractivity contribution in [1.29, 1.82) is 0 Å². The summed E-state index contributed by atoms with van der Waals surface area (Å²) in [6.07, 6.45) is 2.02. The molecule has 0 aliphatic rings. The average Bonchev–Trinajstić information content (AvgIpc) is 1.59. The maximum atomic E-state index is 14.8. The van der Waals surface area contributed by atoms with Crippen molar-refractivity contribution in [2.45, 2.75) is 293 Å². The molecule has 1 aromatic heterocycles. The number of nitrogens with two attached hydrogens (primary N) is 2. The summed E-state index contributed by atoms with van der Waals surface area (Å²) in [7, 11) is 0. The van der Waals surface area contributed by atoms with Crippen LogP contribution in [0.5, 0.6) is 0 Å². The standard InChI is InChI=1S/C96H148N20O20/c1-19-56(14)80(94(133)102-48-77(119)103-59(17)84(123)116-82(96(135)136)58(16)21-3)114-93(132)74(45-63-47-99-65-35-29-28-34-64(63)65)107-79(121)50-101-86(125)68(39-52(6)7)111-91(130)73(44-62-32-26-23-27-33-62)109-83(122)60(18)104-88(127)70(41-54(10)11)113-95(134)81(57(15)20-2)115-92(131)72(43-61-30-24-22-25-31-61)106-78(120)49-100-85(124)67(38-51(4)5)110-90(129)71(42-55(12)13)112-87(126)66(36-37-75(98)117)108-89(128)69(40-53(8)9)105-76(118)46-97/h22-35,47,51-60,66-74,80-82,99H,19-21,36-46,48-50,97H2,1-18H3,(H2,98,117)(H,100,124)(H,101,125)(H,102,133)(H,103,119)(H,104,127)(H,105,118)(H,106,120)(H,107,121)(H,108,128)(H,109,122)(H,110,129)(H,111,130)(H,112,126)(H,113,134)(H,114,132)(H,115,131)(H,116,123)(H,135,136)/t56-,57-,58-,59-,60-,66-,67-,68-,69-,70-,71-,72-,73-,74-,80-,81-,82-/m0/s1. The number of aromatic nitrogens is 1. The molecule has 3 aromatic carbocycles. The SMILES string of the molecule is CC[C@H](C)[C@H](NC(=O)[C@H](C)NC(=O)CNC(=O)[C@@H](NC(=O)[C@H](Cc1c[nH]c2ccccc12)NC(=O)CNC(=O)[C@H](CC(C)C)NC(=O)[C@H](Cc1ccccc1)NC(=O)[C@H](C)NC(=O)[C@H](CC(C)C)NC(=O)[C@@H](NC(=O)[C@H](Cc1ccccc1)NC(=O)CNC(=O)[C@H](CC(C)C)NC(=O)[C@H](CC(C)C)NC(=O)[C@H](CCC(N)=O)NC(=O)[C@H](CC(C)C)NC(=O)CN)[C@@H](C)CC)[C@@H](C)CC)C(=O)O. The molecule has 0 saturated carbocycles. The molecule has 18 amide bonds.